The molecule has 0 bridgehead atoms. The van der Waals surface area contributed by atoms with E-state index >= 15 is 4.39 Å². The van der Waals surface area contributed by atoms with Crippen molar-refractivity contribution >= 4 is 44.1 Å². The summed E-state index contributed by atoms with van der Waals surface area (Å²) in [6.45, 7) is 7.39. The van der Waals surface area contributed by atoms with Gasteiger partial charge in [-0.3, -0.25) is 15.2 Å². The predicted molar refractivity (Wildman–Crippen MR) is 142 cm³/mol. The molecule has 0 radical (unpaired) electrons. The molecule has 3 aromatic heterocycles. The van der Waals surface area contributed by atoms with Crippen LogP contribution in [-0.2, 0) is 6.54 Å². The Kier molecular flexibility index (Phi) is 7.05. The minimum absolute atomic E-state index is 0.242. The summed E-state index contributed by atoms with van der Waals surface area (Å²) in [5, 5.41) is 7.75. The Hall–Kier alpha value is -2.92. The molecule has 1 aromatic carbocycles. The van der Waals surface area contributed by atoms with Crippen LogP contribution in [0.25, 0.3) is 32.6 Å². The lowest BCUT2D eigenvalue weighted by Gasteiger charge is -2.31. The van der Waals surface area contributed by atoms with Crippen LogP contribution in [-0.4, -0.2) is 65.6 Å². The number of hydrogen-bond donors (Lipinski definition) is 2. The van der Waals surface area contributed by atoms with E-state index in [4.69, 9.17) is 0 Å². The fourth-order valence-corrected chi connectivity index (χ4v) is 6.07. The van der Waals surface area contributed by atoms with Crippen molar-refractivity contribution in [3.63, 3.8) is 0 Å². The SMILES string of the molecule is CCNC(=O)Nc1nc2c(F)c(-c3csc(CN4CCN(C)CC4)c3)cc(-c3ccccn3)c2s1. The van der Waals surface area contributed by atoms with Gasteiger partial charge in [0.05, 0.1) is 10.4 Å². The molecule has 0 saturated carbocycles. The first-order valence-electron chi connectivity index (χ1n) is 11.6. The number of nitrogens with one attached hydrogen (secondary N) is 2. The second-order valence-electron chi connectivity index (χ2n) is 8.56. The standard InChI is InChI=1S/C25H27FN6OS2/c1-3-27-24(33)30-25-29-22-21(26)18(13-19(23(22)35-25)20-6-4-5-7-28-20)16-12-17(34-15-16)14-32-10-8-31(2)9-11-32/h4-7,12-13,15H,3,8-11,14H2,1-2H3,(H2,27,29,30,33). The number of fused-ring (bicyclic) bond motifs is 1. The Labute approximate surface area is 211 Å². The minimum atomic E-state index is -0.385. The molecule has 4 heterocycles. The normalized spacial score (nSPS) is 14.9. The van der Waals surface area contributed by atoms with Crippen LogP contribution in [0.2, 0.25) is 0 Å². The molecular weight excluding hydrogens is 483 g/mol. The summed E-state index contributed by atoms with van der Waals surface area (Å²) >= 11 is 2.90. The zero-order valence-electron chi connectivity index (χ0n) is 19.7. The molecule has 2 amide bonds. The Bertz CT molecular complexity index is 1330. The molecule has 4 aromatic rings. The maximum absolute atomic E-state index is 15.8. The maximum atomic E-state index is 15.8. The van der Waals surface area contributed by atoms with Crippen LogP contribution in [0.15, 0.2) is 41.9 Å². The van der Waals surface area contributed by atoms with E-state index in [1.54, 1.807) is 17.5 Å². The number of carbonyl (C=O) groups excluding carboxylic acids is 1. The highest BCUT2D eigenvalue weighted by Gasteiger charge is 2.22. The van der Waals surface area contributed by atoms with Crippen LogP contribution in [0.1, 0.15) is 11.8 Å². The van der Waals surface area contributed by atoms with Gasteiger partial charge in [-0.05, 0) is 49.2 Å². The number of hydrogen-bond acceptors (Lipinski definition) is 7. The fourth-order valence-electron chi connectivity index (χ4n) is 4.16. The molecule has 0 unspecified atom stereocenters. The summed E-state index contributed by atoms with van der Waals surface area (Å²) in [6.07, 6.45) is 1.72. The van der Waals surface area contributed by atoms with E-state index in [-0.39, 0.29) is 17.4 Å². The van der Waals surface area contributed by atoms with Gasteiger partial charge in [-0.1, -0.05) is 17.4 Å². The third-order valence-electron chi connectivity index (χ3n) is 6.04. The van der Waals surface area contributed by atoms with Gasteiger partial charge in [0.2, 0.25) is 0 Å². The Morgan fingerprint density at radius 3 is 2.74 bits per heavy atom. The summed E-state index contributed by atoms with van der Waals surface area (Å²) in [6, 6.07) is 9.23. The lowest BCUT2D eigenvalue weighted by Crippen LogP contribution is -2.43. The molecule has 0 aliphatic carbocycles. The summed E-state index contributed by atoms with van der Waals surface area (Å²) < 4.78 is 16.5. The molecular formula is C25H27FN6OS2. The zero-order valence-corrected chi connectivity index (χ0v) is 21.3. The largest absolute Gasteiger partial charge is 0.338 e. The van der Waals surface area contributed by atoms with Crippen LogP contribution in [0.3, 0.4) is 0 Å². The van der Waals surface area contributed by atoms with E-state index < -0.39 is 0 Å². The van der Waals surface area contributed by atoms with Crippen LogP contribution >= 0.6 is 22.7 Å². The highest BCUT2D eigenvalue weighted by atomic mass is 32.1. The molecule has 0 atom stereocenters. The van der Waals surface area contributed by atoms with Gasteiger partial charge >= 0.3 is 6.03 Å². The highest BCUT2D eigenvalue weighted by Crippen LogP contribution is 2.41. The summed E-state index contributed by atoms with van der Waals surface area (Å²) in [4.78, 5) is 27.0. The van der Waals surface area contributed by atoms with Crippen molar-refractivity contribution in [1.82, 2.24) is 25.1 Å². The monoisotopic (exact) mass is 510 g/mol. The molecule has 7 nitrogen and oxygen atoms in total. The van der Waals surface area contributed by atoms with E-state index in [2.05, 4.69) is 43.5 Å². The average molecular weight is 511 g/mol. The van der Waals surface area contributed by atoms with E-state index in [9.17, 15) is 4.79 Å². The van der Waals surface area contributed by atoms with Crippen LogP contribution in [0.4, 0.5) is 14.3 Å². The van der Waals surface area contributed by atoms with Crippen molar-refractivity contribution in [2.24, 2.45) is 0 Å². The number of amides is 2. The average Bonchev–Trinajstić information content (AvgIpc) is 3.49. The minimum Gasteiger partial charge on any atom is -0.338 e. The number of urea groups is 1. The quantitative estimate of drug-likeness (QED) is 0.377. The Balaban J connectivity index is 1.52. The van der Waals surface area contributed by atoms with Crippen molar-refractivity contribution in [2.45, 2.75) is 13.5 Å². The van der Waals surface area contributed by atoms with Gasteiger partial charge in [-0.15, -0.1) is 11.3 Å². The first kappa shape index (κ1) is 23.8. The number of pyridine rings is 1. The molecule has 1 aliphatic heterocycles. The van der Waals surface area contributed by atoms with E-state index in [1.165, 1.54) is 16.2 Å². The second kappa shape index (κ2) is 10.4. The molecule has 1 saturated heterocycles. The molecule has 1 aliphatic rings. The van der Waals surface area contributed by atoms with Crippen molar-refractivity contribution in [1.29, 1.82) is 0 Å². The number of benzene rings is 1. The van der Waals surface area contributed by atoms with Crippen LogP contribution in [0, 0.1) is 5.82 Å². The Morgan fingerprint density at radius 1 is 1.17 bits per heavy atom. The van der Waals surface area contributed by atoms with Crippen molar-refractivity contribution in [3.8, 4) is 22.4 Å². The molecule has 10 heteroatoms. The highest BCUT2D eigenvalue weighted by molar-refractivity contribution is 7.22. The molecule has 2 N–H and O–H groups in total. The first-order chi connectivity index (χ1) is 17.0. The molecule has 0 spiro atoms. The van der Waals surface area contributed by atoms with Crippen molar-refractivity contribution in [2.75, 3.05) is 45.1 Å². The van der Waals surface area contributed by atoms with Crippen LogP contribution < -0.4 is 10.6 Å². The van der Waals surface area contributed by atoms with Gasteiger partial charge in [0.1, 0.15) is 5.52 Å². The van der Waals surface area contributed by atoms with Gasteiger partial charge in [-0.25, -0.2) is 14.2 Å². The summed E-state index contributed by atoms with van der Waals surface area (Å²) in [5.41, 5.74) is 3.10. The van der Waals surface area contributed by atoms with Gasteiger partial charge < -0.3 is 10.2 Å². The number of likely N-dealkylation sites (N-methyl/N-ethyl adjacent to an activating group) is 1. The zero-order chi connectivity index (χ0) is 24.4. The number of aromatic nitrogens is 2. The van der Waals surface area contributed by atoms with E-state index in [0.29, 0.717) is 21.9 Å². The van der Waals surface area contributed by atoms with Crippen LogP contribution in [0.5, 0.6) is 0 Å². The molecule has 35 heavy (non-hydrogen) atoms. The third-order valence-corrected chi connectivity index (χ3v) is 7.97. The number of thiazole rings is 1. The first-order valence-corrected chi connectivity index (χ1v) is 13.3. The van der Waals surface area contributed by atoms with E-state index in [0.717, 1.165) is 49.5 Å². The smallest absolute Gasteiger partial charge is 0.321 e. The van der Waals surface area contributed by atoms with Gasteiger partial charge in [0, 0.05) is 61.5 Å². The Morgan fingerprint density at radius 2 is 2.00 bits per heavy atom. The number of piperazine rings is 1. The van der Waals surface area contributed by atoms with E-state index in [1.807, 2.05) is 36.6 Å². The topological polar surface area (TPSA) is 73.4 Å². The predicted octanol–water partition coefficient (Wildman–Crippen LogP) is 5.11. The maximum Gasteiger partial charge on any atom is 0.321 e. The lowest BCUT2D eigenvalue weighted by atomic mass is 10.0. The lowest BCUT2D eigenvalue weighted by molar-refractivity contribution is 0.149. The number of nitrogens with zero attached hydrogens (tertiary/aromatic N) is 4. The molecule has 5 rings (SSSR count). The van der Waals surface area contributed by atoms with Gasteiger partial charge in [0.15, 0.2) is 10.9 Å². The number of halogens is 1. The number of thiophene rings is 1. The number of carbonyl (C=O) groups is 1. The number of rotatable bonds is 6. The third kappa shape index (κ3) is 5.20. The summed E-state index contributed by atoms with van der Waals surface area (Å²) in [5.74, 6) is -0.385. The molecule has 1 fully saturated rings. The number of anilines is 1. The molecule has 182 valence electrons. The fraction of sp³-hybridized carbons (Fsp3) is 0.320. The van der Waals surface area contributed by atoms with Crippen molar-refractivity contribution < 1.29 is 9.18 Å². The van der Waals surface area contributed by atoms with Gasteiger partial charge in [-0.2, -0.15) is 0 Å². The second-order valence-corrected chi connectivity index (χ2v) is 10.6. The van der Waals surface area contributed by atoms with Gasteiger partial charge in [0.25, 0.3) is 0 Å². The van der Waals surface area contributed by atoms with Crippen molar-refractivity contribution in [3.05, 3.63) is 52.6 Å². The summed E-state index contributed by atoms with van der Waals surface area (Å²) in [7, 11) is 2.15.